The van der Waals surface area contributed by atoms with E-state index in [0.29, 0.717) is 10.4 Å². The molecule has 1 aromatic rings. The van der Waals surface area contributed by atoms with Gasteiger partial charge >= 0.3 is 0 Å². The van der Waals surface area contributed by atoms with Gasteiger partial charge in [-0.25, -0.2) is 17.2 Å². The lowest BCUT2D eigenvalue weighted by Crippen LogP contribution is -2.37. The molecule has 19 heavy (non-hydrogen) atoms. The van der Waals surface area contributed by atoms with E-state index in [1.165, 1.54) is 7.05 Å². The van der Waals surface area contributed by atoms with Gasteiger partial charge in [0.05, 0.1) is 6.54 Å². The Morgan fingerprint density at radius 3 is 2.47 bits per heavy atom. The molecule has 0 aliphatic heterocycles. The first kappa shape index (κ1) is 16.0. The smallest absolute Gasteiger partial charge is 0.247 e. The van der Waals surface area contributed by atoms with Crippen LogP contribution < -0.4 is 5.32 Å². The third-order valence-electron chi connectivity index (χ3n) is 2.28. The summed E-state index contributed by atoms with van der Waals surface area (Å²) in [5, 5.41) is 2.25. The predicted octanol–water partition coefficient (Wildman–Crippen LogP) is 1.09. The van der Waals surface area contributed by atoms with Crippen LogP contribution in [0.5, 0.6) is 0 Å². The summed E-state index contributed by atoms with van der Waals surface area (Å²) in [6.45, 7) is -0.470. The first-order chi connectivity index (χ1) is 8.70. The van der Waals surface area contributed by atoms with Gasteiger partial charge in [-0.2, -0.15) is 4.31 Å². The summed E-state index contributed by atoms with van der Waals surface area (Å²) in [5.41, 5.74) is 0. The third kappa shape index (κ3) is 3.48. The zero-order valence-electron chi connectivity index (χ0n) is 10.1. The minimum absolute atomic E-state index is 0.242. The molecule has 1 rings (SSSR count). The Balaban J connectivity index is 3.24. The predicted molar refractivity (Wildman–Crippen MR) is 67.9 cm³/mol. The molecule has 9 heteroatoms. The van der Waals surface area contributed by atoms with E-state index in [1.807, 2.05) is 0 Å². The van der Waals surface area contributed by atoms with Crippen LogP contribution in [0.15, 0.2) is 21.5 Å². The number of benzene rings is 1. The molecule has 0 unspecified atom stereocenters. The molecule has 0 heterocycles. The summed E-state index contributed by atoms with van der Waals surface area (Å²) < 4.78 is 51.1. The zero-order chi connectivity index (χ0) is 14.8. The normalized spacial score (nSPS) is 11.7. The molecule has 0 bridgehead atoms. The Kier molecular flexibility index (Phi) is 4.99. The minimum Gasteiger partial charge on any atom is -0.358 e. The van der Waals surface area contributed by atoms with E-state index in [-0.39, 0.29) is 4.47 Å². The first-order valence-electron chi connectivity index (χ1n) is 5.01. The van der Waals surface area contributed by atoms with E-state index in [9.17, 15) is 22.0 Å². The topological polar surface area (TPSA) is 66.5 Å². The molecular weight excluding hydrogens is 346 g/mol. The largest absolute Gasteiger partial charge is 0.358 e. The van der Waals surface area contributed by atoms with Crippen LogP contribution in [0.25, 0.3) is 0 Å². The lowest BCUT2D eigenvalue weighted by Gasteiger charge is -2.17. The highest BCUT2D eigenvalue weighted by Gasteiger charge is 2.29. The van der Waals surface area contributed by atoms with Crippen molar-refractivity contribution in [3.8, 4) is 0 Å². The maximum atomic E-state index is 13.6. The van der Waals surface area contributed by atoms with Crippen LogP contribution >= 0.6 is 15.9 Å². The molecule has 0 fully saturated rings. The second kappa shape index (κ2) is 5.93. The lowest BCUT2D eigenvalue weighted by atomic mass is 10.3. The van der Waals surface area contributed by atoms with Crippen LogP contribution in [0.2, 0.25) is 0 Å². The maximum Gasteiger partial charge on any atom is 0.247 e. The van der Waals surface area contributed by atoms with Crippen LogP contribution in [-0.2, 0) is 14.8 Å². The first-order valence-corrected chi connectivity index (χ1v) is 7.25. The van der Waals surface area contributed by atoms with Gasteiger partial charge in [-0.15, -0.1) is 0 Å². The number of amides is 1. The summed E-state index contributed by atoms with van der Waals surface area (Å²) in [5.74, 6) is -2.68. The van der Waals surface area contributed by atoms with Crippen molar-refractivity contribution in [2.75, 3.05) is 20.6 Å². The van der Waals surface area contributed by atoms with Crippen molar-refractivity contribution in [1.29, 1.82) is 0 Å². The van der Waals surface area contributed by atoms with Crippen molar-refractivity contribution in [1.82, 2.24) is 9.62 Å². The van der Waals surface area contributed by atoms with Crippen molar-refractivity contribution in [2.24, 2.45) is 0 Å². The minimum atomic E-state index is -4.24. The fourth-order valence-corrected chi connectivity index (χ4v) is 3.53. The average molecular weight is 357 g/mol. The Bertz CT molecular complexity index is 584. The van der Waals surface area contributed by atoms with E-state index < -0.39 is 39.0 Å². The fraction of sp³-hybridized carbons (Fsp3) is 0.300. The number of rotatable bonds is 4. The van der Waals surface area contributed by atoms with E-state index in [4.69, 9.17) is 0 Å². The molecule has 0 spiro atoms. The van der Waals surface area contributed by atoms with Crippen LogP contribution in [0, 0.1) is 11.6 Å². The SMILES string of the molecule is CNC(=O)CN(C)S(=O)(=O)c1c(F)cc(F)cc1Br. The van der Waals surface area contributed by atoms with Crippen LogP contribution in [0.1, 0.15) is 0 Å². The van der Waals surface area contributed by atoms with E-state index in [0.717, 1.165) is 13.1 Å². The molecule has 0 aromatic heterocycles. The van der Waals surface area contributed by atoms with Gasteiger partial charge in [-0.05, 0) is 22.0 Å². The van der Waals surface area contributed by atoms with Gasteiger partial charge in [0, 0.05) is 24.6 Å². The molecule has 1 N–H and O–H groups in total. The fourth-order valence-electron chi connectivity index (χ4n) is 1.30. The number of nitrogens with zero attached hydrogens (tertiary/aromatic N) is 1. The van der Waals surface area contributed by atoms with E-state index in [2.05, 4.69) is 21.2 Å². The monoisotopic (exact) mass is 356 g/mol. The summed E-state index contributed by atoms with van der Waals surface area (Å²) in [7, 11) is -1.77. The average Bonchev–Trinajstić information content (AvgIpc) is 2.26. The molecule has 0 aliphatic carbocycles. The van der Waals surface area contributed by atoms with Crippen molar-refractivity contribution >= 4 is 31.9 Å². The highest BCUT2D eigenvalue weighted by Crippen LogP contribution is 2.28. The Hall–Kier alpha value is -1.06. The highest BCUT2D eigenvalue weighted by molar-refractivity contribution is 9.10. The number of hydrogen-bond donors (Lipinski definition) is 1. The number of likely N-dealkylation sites (N-methyl/N-ethyl adjacent to an activating group) is 2. The third-order valence-corrected chi connectivity index (χ3v) is 5.04. The molecule has 1 aromatic carbocycles. The Morgan fingerprint density at radius 1 is 1.42 bits per heavy atom. The molecule has 0 aliphatic rings. The molecule has 0 atom stereocenters. The lowest BCUT2D eigenvalue weighted by molar-refractivity contribution is -0.120. The van der Waals surface area contributed by atoms with E-state index in [1.54, 1.807) is 0 Å². The number of carbonyl (C=O) groups is 1. The summed E-state index contributed by atoms with van der Waals surface area (Å²) in [6, 6.07) is 1.30. The van der Waals surface area contributed by atoms with Gasteiger partial charge in [0.15, 0.2) is 0 Å². The van der Waals surface area contributed by atoms with Gasteiger partial charge in [-0.3, -0.25) is 4.79 Å². The molecule has 5 nitrogen and oxygen atoms in total. The van der Waals surface area contributed by atoms with Gasteiger partial charge in [0.25, 0.3) is 0 Å². The van der Waals surface area contributed by atoms with Crippen molar-refractivity contribution in [3.05, 3.63) is 28.2 Å². The van der Waals surface area contributed by atoms with Gasteiger partial charge < -0.3 is 5.32 Å². The summed E-state index contributed by atoms with van der Waals surface area (Å²) in [6.07, 6.45) is 0. The molecular formula is C10H11BrF2N2O3S. The maximum absolute atomic E-state index is 13.6. The Labute approximate surface area is 117 Å². The highest BCUT2D eigenvalue weighted by atomic mass is 79.9. The van der Waals surface area contributed by atoms with Crippen molar-refractivity contribution < 1.29 is 22.0 Å². The molecule has 0 saturated heterocycles. The summed E-state index contributed by atoms with van der Waals surface area (Å²) >= 11 is 2.80. The number of hydrogen-bond acceptors (Lipinski definition) is 3. The van der Waals surface area contributed by atoms with Gasteiger partial charge in [0.2, 0.25) is 15.9 Å². The van der Waals surface area contributed by atoms with Gasteiger partial charge in [0.1, 0.15) is 16.5 Å². The van der Waals surface area contributed by atoms with E-state index >= 15 is 0 Å². The van der Waals surface area contributed by atoms with Crippen molar-refractivity contribution in [2.45, 2.75) is 4.90 Å². The standard InChI is InChI=1S/C10H11BrF2N2O3S/c1-14-9(16)5-15(2)19(17,18)10-7(11)3-6(12)4-8(10)13/h3-4H,5H2,1-2H3,(H,14,16). The van der Waals surface area contributed by atoms with Crippen LogP contribution in [0.3, 0.4) is 0 Å². The second-order valence-corrected chi connectivity index (χ2v) is 6.47. The number of halogens is 3. The zero-order valence-corrected chi connectivity index (χ0v) is 12.5. The molecule has 0 saturated carbocycles. The summed E-state index contributed by atoms with van der Waals surface area (Å²) in [4.78, 5) is 10.4. The molecule has 106 valence electrons. The van der Waals surface area contributed by atoms with Crippen molar-refractivity contribution in [3.63, 3.8) is 0 Å². The number of carbonyl (C=O) groups excluding carboxylic acids is 1. The quantitative estimate of drug-likeness (QED) is 0.878. The second-order valence-electron chi connectivity index (χ2n) is 3.63. The van der Waals surface area contributed by atoms with Gasteiger partial charge in [-0.1, -0.05) is 0 Å². The van der Waals surface area contributed by atoms with Crippen LogP contribution in [-0.4, -0.2) is 39.3 Å². The Morgan fingerprint density at radius 2 is 2.00 bits per heavy atom. The number of nitrogens with one attached hydrogen (secondary N) is 1. The molecule has 0 radical (unpaired) electrons. The number of sulfonamides is 1. The van der Waals surface area contributed by atoms with Crippen LogP contribution in [0.4, 0.5) is 8.78 Å². The molecule has 1 amide bonds.